The molecule has 0 aliphatic carbocycles. The molecule has 1 fully saturated rings. The van der Waals surface area contributed by atoms with Crippen molar-refractivity contribution >= 4 is 46.6 Å². The van der Waals surface area contributed by atoms with Crippen molar-refractivity contribution in [3.63, 3.8) is 0 Å². The van der Waals surface area contributed by atoms with Crippen LogP contribution in [0.3, 0.4) is 0 Å². The van der Waals surface area contributed by atoms with Gasteiger partial charge in [0.25, 0.3) is 11.6 Å². The number of nitrogens with zero attached hydrogens (tertiary/aromatic N) is 3. The van der Waals surface area contributed by atoms with Gasteiger partial charge in [-0.3, -0.25) is 19.7 Å². The zero-order valence-electron chi connectivity index (χ0n) is 22.2. The van der Waals surface area contributed by atoms with Gasteiger partial charge in [0.15, 0.2) is 0 Å². The van der Waals surface area contributed by atoms with Gasteiger partial charge in [-0.1, -0.05) is 41.9 Å². The molecule has 208 valence electrons. The number of halogens is 1. The van der Waals surface area contributed by atoms with Crippen LogP contribution in [0.25, 0.3) is 17.4 Å². The Labute approximate surface area is 241 Å². The number of carbonyl (C=O) groups excluding carboxylic acids is 2. The summed E-state index contributed by atoms with van der Waals surface area (Å²) in [7, 11) is 0. The molecule has 41 heavy (non-hydrogen) atoms. The molecule has 1 aromatic heterocycles. The van der Waals surface area contributed by atoms with Gasteiger partial charge in [-0.2, -0.15) is 0 Å². The molecule has 0 bridgehead atoms. The molecule has 0 saturated carbocycles. The number of nitro benzene ring substituents is 1. The van der Waals surface area contributed by atoms with Crippen LogP contribution >= 0.6 is 11.6 Å². The van der Waals surface area contributed by atoms with E-state index in [2.05, 4.69) is 10.2 Å². The molecule has 1 aliphatic heterocycles. The molecule has 1 aliphatic rings. The minimum atomic E-state index is -0.467. The van der Waals surface area contributed by atoms with Crippen LogP contribution in [-0.4, -0.2) is 47.8 Å². The minimum Gasteiger partial charge on any atom is -0.456 e. The van der Waals surface area contributed by atoms with Gasteiger partial charge in [0.1, 0.15) is 11.5 Å². The Hall–Kier alpha value is -4.89. The molecule has 2 heterocycles. The molecule has 2 amide bonds. The first-order valence-corrected chi connectivity index (χ1v) is 13.4. The minimum absolute atomic E-state index is 0.0344. The molecule has 4 aromatic rings. The molecule has 0 spiro atoms. The van der Waals surface area contributed by atoms with E-state index < -0.39 is 4.92 Å². The third kappa shape index (κ3) is 6.31. The van der Waals surface area contributed by atoms with Gasteiger partial charge in [-0.25, -0.2) is 0 Å². The predicted molar refractivity (Wildman–Crippen MR) is 159 cm³/mol. The predicted octanol–water partition coefficient (Wildman–Crippen LogP) is 6.43. The van der Waals surface area contributed by atoms with E-state index in [9.17, 15) is 19.7 Å². The summed E-state index contributed by atoms with van der Waals surface area (Å²) >= 11 is 6.58. The van der Waals surface area contributed by atoms with Crippen LogP contribution in [0.5, 0.6) is 0 Å². The Morgan fingerprint density at radius 2 is 1.71 bits per heavy atom. The third-order valence-corrected chi connectivity index (χ3v) is 7.19. The molecule has 0 unspecified atom stereocenters. The van der Waals surface area contributed by atoms with Crippen molar-refractivity contribution in [3.05, 3.63) is 117 Å². The molecule has 5 rings (SSSR count). The van der Waals surface area contributed by atoms with Crippen molar-refractivity contribution in [3.8, 4) is 11.3 Å². The lowest BCUT2D eigenvalue weighted by Gasteiger charge is -2.36. The number of benzene rings is 3. The summed E-state index contributed by atoms with van der Waals surface area (Å²) in [5, 5.41) is 14.6. The van der Waals surface area contributed by atoms with E-state index in [1.165, 1.54) is 18.2 Å². The van der Waals surface area contributed by atoms with Crippen LogP contribution in [0.1, 0.15) is 21.7 Å². The van der Waals surface area contributed by atoms with Gasteiger partial charge >= 0.3 is 0 Å². The van der Waals surface area contributed by atoms with Crippen molar-refractivity contribution in [2.24, 2.45) is 0 Å². The van der Waals surface area contributed by atoms with Gasteiger partial charge in [0.05, 0.1) is 21.2 Å². The number of carbonyl (C=O) groups is 2. The quantitative estimate of drug-likeness (QED) is 0.156. The summed E-state index contributed by atoms with van der Waals surface area (Å²) in [5.41, 5.74) is 3.34. The van der Waals surface area contributed by atoms with Crippen LogP contribution in [0.2, 0.25) is 5.02 Å². The van der Waals surface area contributed by atoms with Gasteiger partial charge in [-0.05, 0) is 61.0 Å². The van der Waals surface area contributed by atoms with Gasteiger partial charge in [0, 0.05) is 49.6 Å². The zero-order valence-corrected chi connectivity index (χ0v) is 23.0. The van der Waals surface area contributed by atoms with Gasteiger partial charge < -0.3 is 19.5 Å². The SMILES string of the molecule is Cc1ccccc1C(=O)N1CCN(c2ccc(NC(=O)/C=C/c3ccc(-c4ccccc4[N+](=O)[O-])o3)cc2Cl)CC1. The number of nitrogens with one attached hydrogen (secondary N) is 1. The highest BCUT2D eigenvalue weighted by atomic mass is 35.5. The van der Waals surface area contributed by atoms with E-state index >= 15 is 0 Å². The highest BCUT2D eigenvalue weighted by Gasteiger charge is 2.24. The summed E-state index contributed by atoms with van der Waals surface area (Å²) in [5.74, 6) is 0.356. The lowest BCUT2D eigenvalue weighted by Crippen LogP contribution is -2.49. The second-order valence-electron chi connectivity index (χ2n) is 9.56. The molecule has 1 saturated heterocycles. The maximum absolute atomic E-state index is 12.9. The fourth-order valence-corrected chi connectivity index (χ4v) is 5.04. The number of rotatable bonds is 7. The van der Waals surface area contributed by atoms with Crippen LogP contribution in [0, 0.1) is 17.0 Å². The summed E-state index contributed by atoms with van der Waals surface area (Å²) < 4.78 is 5.69. The highest BCUT2D eigenvalue weighted by molar-refractivity contribution is 6.33. The Kier molecular flexibility index (Phi) is 8.16. The molecule has 1 N–H and O–H groups in total. The number of anilines is 2. The number of piperazine rings is 1. The van der Waals surface area contributed by atoms with Gasteiger partial charge in [0.2, 0.25) is 5.91 Å². The Balaban J connectivity index is 1.17. The largest absolute Gasteiger partial charge is 0.456 e. The number of hydrogen-bond donors (Lipinski definition) is 1. The fourth-order valence-electron chi connectivity index (χ4n) is 4.74. The van der Waals surface area contributed by atoms with Crippen molar-refractivity contribution in [1.82, 2.24) is 4.90 Å². The van der Waals surface area contributed by atoms with E-state index in [0.717, 1.165) is 16.8 Å². The Morgan fingerprint density at radius 1 is 0.976 bits per heavy atom. The van der Waals surface area contributed by atoms with E-state index in [1.807, 2.05) is 42.2 Å². The van der Waals surface area contributed by atoms with E-state index in [4.69, 9.17) is 16.0 Å². The number of aryl methyl sites for hydroxylation is 1. The van der Waals surface area contributed by atoms with Crippen molar-refractivity contribution < 1.29 is 18.9 Å². The van der Waals surface area contributed by atoms with Crippen LogP contribution in [0.4, 0.5) is 17.1 Å². The first-order chi connectivity index (χ1) is 19.8. The van der Waals surface area contributed by atoms with Crippen LogP contribution in [-0.2, 0) is 4.79 Å². The lowest BCUT2D eigenvalue weighted by atomic mass is 10.1. The van der Waals surface area contributed by atoms with Crippen molar-refractivity contribution in [2.75, 3.05) is 36.4 Å². The molecule has 3 aromatic carbocycles. The first-order valence-electron chi connectivity index (χ1n) is 13.0. The molecular formula is C31H27ClN4O5. The van der Waals surface area contributed by atoms with E-state index in [0.29, 0.717) is 54.0 Å². The standard InChI is InChI=1S/C31H27ClN4O5/c1-21-6-2-3-7-24(21)31(38)35-18-16-34(17-19-35)28-13-10-22(20-26(28)32)33-30(37)15-12-23-11-14-29(41-23)25-8-4-5-9-27(25)36(39)40/h2-15,20H,16-19H2,1H3,(H,33,37)/b15-12+. The Morgan fingerprint density at radius 3 is 2.44 bits per heavy atom. The second kappa shape index (κ2) is 12.1. The molecule has 10 heteroatoms. The summed E-state index contributed by atoms with van der Waals surface area (Å²) in [6, 6.07) is 22.5. The van der Waals surface area contributed by atoms with E-state index in [-0.39, 0.29) is 17.5 Å². The average molecular weight is 571 g/mol. The summed E-state index contributed by atoms with van der Waals surface area (Å²) in [6.45, 7) is 4.39. The molecule has 9 nitrogen and oxygen atoms in total. The first kappa shape index (κ1) is 27.7. The zero-order chi connectivity index (χ0) is 28.9. The molecule has 0 radical (unpaired) electrons. The van der Waals surface area contributed by atoms with Crippen LogP contribution < -0.4 is 10.2 Å². The smallest absolute Gasteiger partial charge is 0.280 e. The summed E-state index contributed by atoms with van der Waals surface area (Å²) in [4.78, 5) is 40.3. The molecule has 0 atom stereocenters. The molecular weight excluding hydrogens is 544 g/mol. The Bertz CT molecular complexity index is 1640. The van der Waals surface area contributed by atoms with E-state index in [1.54, 1.807) is 42.5 Å². The third-order valence-electron chi connectivity index (χ3n) is 6.89. The van der Waals surface area contributed by atoms with Crippen molar-refractivity contribution in [1.29, 1.82) is 0 Å². The maximum Gasteiger partial charge on any atom is 0.280 e. The normalized spacial score (nSPS) is 13.4. The average Bonchev–Trinajstić information content (AvgIpc) is 3.45. The number of hydrogen-bond acceptors (Lipinski definition) is 6. The maximum atomic E-state index is 12.9. The number of furan rings is 1. The van der Waals surface area contributed by atoms with Crippen molar-refractivity contribution in [2.45, 2.75) is 6.92 Å². The van der Waals surface area contributed by atoms with Crippen LogP contribution in [0.15, 0.2) is 89.4 Å². The topological polar surface area (TPSA) is 109 Å². The van der Waals surface area contributed by atoms with Gasteiger partial charge in [-0.15, -0.1) is 0 Å². The monoisotopic (exact) mass is 570 g/mol. The highest BCUT2D eigenvalue weighted by Crippen LogP contribution is 2.32. The number of nitro groups is 1. The number of para-hydroxylation sites is 1. The fraction of sp³-hybridized carbons (Fsp3) is 0.161. The summed E-state index contributed by atoms with van der Waals surface area (Å²) in [6.07, 6.45) is 2.80. The second-order valence-corrected chi connectivity index (χ2v) is 9.97. The lowest BCUT2D eigenvalue weighted by molar-refractivity contribution is -0.384. The number of amides is 2.